The van der Waals surface area contributed by atoms with E-state index in [0.29, 0.717) is 17.9 Å². The van der Waals surface area contributed by atoms with Crippen molar-refractivity contribution in [2.45, 2.75) is 39.6 Å². The summed E-state index contributed by atoms with van der Waals surface area (Å²) in [6.07, 6.45) is 1.47. The summed E-state index contributed by atoms with van der Waals surface area (Å²) in [5, 5.41) is 0. The number of hydrogen-bond acceptors (Lipinski definition) is 2. The maximum Gasteiger partial charge on any atom is 0.157 e. The van der Waals surface area contributed by atoms with E-state index in [0.717, 1.165) is 6.42 Å². The molecule has 2 nitrogen and oxygen atoms in total. The van der Waals surface area contributed by atoms with Crippen LogP contribution in [0.2, 0.25) is 0 Å². The summed E-state index contributed by atoms with van der Waals surface area (Å²) < 4.78 is 10.8. The lowest BCUT2D eigenvalue weighted by Crippen LogP contribution is -2.21. The standard InChI is InChI=1S/C9H18O2/c1-6(2)9-7(3)5-8(10-4)11-9/h6-9H,5H2,1-4H3/t7-,8?,9+/m0/s1. The van der Waals surface area contributed by atoms with Gasteiger partial charge in [-0.1, -0.05) is 20.8 Å². The summed E-state index contributed by atoms with van der Waals surface area (Å²) in [4.78, 5) is 0. The molecule has 0 saturated carbocycles. The molecule has 0 radical (unpaired) electrons. The molecule has 0 aromatic heterocycles. The highest BCUT2D eigenvalue weighted by atomic mass is 16.7. The Bertz CT molecular complexity index is 123. The van der Waals surface area contributed by atoms with Crippen LogP contribution in [0, 0.1) is 11.8 Å². The average Bonchev–Trinajstić information content (AvgIpc) is 2.30. The van der Waals surface area contributed by atoms with E-state index in [4.69, 9.17) is 9.47 Å². The van der Waals surface area contributed by atoms with Crippen LogP contribution in [0.4, 0.5) is 0 Å². The lowest BCUT2D eigenvalue weighted by atomic mass is 9.95. The Balaban J connectivity index is 2.45. The SMILES string of the molecule is COC1C[C@H](C)[C@@H](C(C)C)O1. The molecule has 3 atom stereocenters. The molecule has 1 saturated heterocycles. The van der Waals surface area contributed by atoms with Gasteiger partial charge in [-0.2, -0.15) is 0 Å². The van der Waals surface area contributed by atoms with E-state index in [-0.39, 0.29) is 6.29 Å². The second-order valence-electron chi connectivity index (χ2n) is 3.72. The summed E-state index contributed by atoms with van der Waals surface area (Å²) in [5.41, 5.74) is 0. The normalized spacial score (nSPS) is 38.5. The van der Waals surface area contributed by atoms with Crippen molar-refractivity contribution in [3.63, 3.8) is 0 Å². The van der Waals surface area contributed by atoms with Crippen molar-refractivity contribution in [1.29, 1.82) is 0 Å². The Morgan fingerprint density at radius 1 is 1.45 bits per heavy atom. The number of rotatable bonds is 2. The van der Waals surface area contributed by atoms with Crippen molar-refractivity contribution in [2.75, 3.05) is 7.11 Å². The Kier molecular flexibility index (Phi) is 2.90. The largest absolute Gasteiger partial charge is 0.356 e. The van der Waals surface area contributed by atoms with Gasteiger partial charge in [0.05, 0.1) is 6.10 Å². The zero-order valence-corrected chi connectivity index (χ0v) is 7.83. The monoisotopic (exact) mass is 158 g/mol. The summed E-state index contributed by atoms with van der Waals surface area (Å²) >= 11 is 0. The average molecular weight is 158 g/mol. The molecule has 1 heterocycles. The van der Waals surface area contributed by atoms with Crippen LogP contribution in [0.25, 0.3) is 0 Å². The van der Waals surface area contributed by atoms with Gasteiger partial charge in [0.2, 0.25) is 0 Å². The number of hydrogen-bond donors (Lipinski definition) is 0. The van der Waals surface area contributed by atoms with E-state index in [1.54, 1.807) is 7.11 Å². The van der Waals surface area contributed by atoms with Gasteiger partial charge < -0.3 is 9.47 Å². The molecule has 11 heavy (non-hydrogen) atoms. The van der Waals surface area contributed by atoms with E-state index >= 15 is 0 Å². The molecular formula is C9H18O2. The van der Waals surface area contributed by atoms with Crippen molar-refractivity contribution >= 4 is 0 Å². The fraction of sp³-hybridized carbons (Fsp3) is 1.00. The molecule has 0 spiro atoms. The minimum atomic E-state index is 0.0393. The van der Waals surface area contributed by atoms with Crippen molar-refractivity contribution in [1.82, 2.24) is 0 Å². The van der Waals surface area contributed by atoms with Gasteiger partial charge in [0.15, 0.2) is 6.29 Å². The zero-order chi connectivity index (χ0) is 8.43. The van der Waals surface area contributed by atoms with Crippen molar-refractivity contribution in [3.8, 4) is 0 Å². The molecule has 0 bridgehead atoms. The fourth-order valence-corrected chi connectivity index (χ4v) is 1.77. The van der Waals surface area contributed by atoms with E-state index in [1.807, 2.05) is 0 Å². The van der Waals surface area contributed by atoms with E-state index in [1.165, 1.54) is 0 Å². The second-order valence-corrected chi connectivity index (χ2v) is 3.72. The predicted molar refractivity (Wildman–Crippen MR) is 44.3 cm³/mol. The minimum Gasteiger partial charge on any atom is -0.356 e. The molecule has 1 unspecified atom stereocenters. The smallest absolute Gasteiger partial charge is 0.157 e. The highest BCUT2D eigenvalue weighted by Gasteiger charge is 2.33. The zero-order valence-electron chi connectivity index (χ0n) is 7.83. The van der Waals surface area contributed by atoms with Gasteiger partial charge in [-0.25, -0.2) is 0 Å². The first-order chi connectivity index (χ1) is 5.15. The van der Waals surface area contributed by atoms with Gasteiger partial charge in [-0.15, -0.1) is 0 Å². The van der Waals surface area contributed by atoms with Crippen LogP contribution >= 0.6 is 0 Å². The Labute approximate surface area is 68.9 Å². The van der Waals surface area contributed by atoms with Crippen LogP contribution in [-0.2, 0) is 9.47 Å². The van der Waals surface area contributed by atoms with Gasteiger partial charge in [0.25, 0.3) is 0 Å². The Morgan fingerprint density at radius 2 is 2.09 bits per heavy atom. The molecule has 0 aromatic rings. The van der Waals surface area contributed by atoms with Crippen LogP contribution in [0.5, 0.6) is 0 Å². The van der Waals surface area contributed by atoms with Crippen LogP contribution in [-0.4, -0.2) is 19.5 Å². The maximum absolute atomic E-state index is 5.66. The third kappa shape index (κ3) is 1.94. The van der Waals surface area contributed by atoms with Crippen molar-refractivity contribution in [2.24, 2.45) is 11.8 Å². The highest BCUT2D eigenvalue weighted by molar-refractivity contribution is 4.77. The van der Waals surface area contributed by atoms with Gasteiger partial charge in [0, 0.05) is 13.5 Å². The number of methoxy groups -OCH3 is 1. The summed E-state index contributed by atoms with van der Waals surface area (Å²) in [5.74, 6) is 1.24. The van der Waals surface area contributed by atoms with Gasteiger partial charge in [-0.3, -0.25) is 0 Å². The molecule has 0 amide bonds. The lowest BCUT2D eigenvalue weighted by Gasteiger charge is -2.18. The van der Waals surface area contributed by atoms with E-state index in [9.17, 15) is 0 Å². The fourth-order valence-electron chi connectivity index (χ4n) is 1.77. The summed E-state index contributed by atoms with van der Waals surface area (Å²) in [7, 11) is 1.71. The van der Waals surface area contributed by atoms with Gasteiger partial charge in [0.1, 0.15) is 0 Å². The number of ether oxygens (including phenoxy) is 2. The molecule has 2 heteroatoms. The second kappa shape index (κ2) is 3.55. The predicted octanol–water partition coefficient (Wildman–Crippen LogP) is 2.04. The third-order valence-electron chi connectivity index (χ3n) is 2.35. The molecule has 0 aliphatic carbocycles. The lowest BCUT2D eigenvalue weighted by molar-refractivity contribution is -0.125. The molecule has 1 fully saturated rings. The Morgan fingerprint density at radius 3 is 2.36 bits per heavy atom. The molecule has 0 N–H and O–H groups in total. The van der Waals surface area contributed by atoms with Crippen LogP contribution in [0.1, 0.15) is 27.2 Å². The van der Waals surface area contributed by atoms with E-state index in [2.05, 4.69) is 20.8 Å². The molecule has 1 aliphatic heterocycles. The minimum absolute atomic E-state index is 0.0393. The van der Waals surface area contributed by atoms with E-state index < -0.39 is 0 Å². The summed E-state index contributed by atoms with van der Waals surface area (Å²) in [6, 6.07) is 0. The maximum atomic E-state index is 5.66. The first-order valence-electron chi connectivity index (χ1n) is 4.33. The quantitative estimate of drug-likeness (QED) is 0.612. The van der Waals surface area contributed by atoms with Crippen LogP contribution in [0.3, 0.4) is 0 Å². The van der Waals surface area contributed by atoms with Crippen molar-refractivity contribution < 1.29 is 9.47 Å². The highest BCUT2D eigenvalue weighted by Crippen LogP contribution is 2.30. The van der Waals surface area contributed by atoms with Gasteiger partial charge in [-0.05, 0) is 11.8 Å². The van der Waals surface area contributed by atoms with Gasteiger partial charge >= 0.3 is 0 Å². The third-order valence-corrected chi connectivity index (χ3v) is 2.35. The molecular weight excluding hydrogens is 140 g/mol. The topological polar surface area (TPSA) is 18.5 Å². The Hall–Kier alpha value is -0.0800. The molecule has 66 valence electrons. The molecule has 0 aromatic carbocycles. The van der Waals surface area contributed by atoms with Crippen LogP contribution in [0.15, 0.2) is 0 Å². The van der Waals surface area contributed by atoms with Crippen LogP contribution < -0.4 is 0 Å². The molecule has 1 rings (SSSR count). The van der Waals surface area contributed by atoms with Crippen molar-refractivity contribution in [3.05, 3.63) is 0 Å². The first kappa shape index (κ1) is 9.01. The summed E-state index contributed by atoms with van der Waals surface area (Å²) in [6.45, 7) is 6.61. The first-order valence-corrected chi connectivity index (χ1v) is 4.33. The molecule has 1 aliphatic rings.